The Morgan fingerprint density at radius 2 is 2.11 bits per heavy atom. The molecule has 0 bridgehead atoms. The van der Waals surface area contributed by atoms with E-state index in [2.05, 4.69) is 21.1 Å². The second-order valence-electron chi connectivity index (χ2n) is 3.85. The van der Waals surface area contributed by atoms with Crippen molar-refractivity contribution in [1.82, 2.24) is 0 Å². The van der Waals surface area contributed by atoms with Crippen LogP contribution in [0.25, 0.3) is 0 Å². The zero-order chi connectivity index (χ0) is 13.7. The van der Waals surface area contributed by atoms with Gasteiger partial charge in [0.25, 0.3) is 0 Å². The van der Waals surface area contributed by atoms with E-state index in [9.17, 15) is 4.39 Å². The fraction of sp³-hybridized carbons (Fsp3) is 0.0714. The number of hydrogen-bond donors (Lipinski definition) is 1. The summed E-state index contributed by atoms with van der Waals surface area (Å²) < 4.78 is 19.3. The van der Waals surface area contributed by atoms with Gasteiger partial charge in [-0.25, -0.2) is 4.39 Å². The van der Waals surface area contributed by atoms with Gasteiger partial charge in [0, 0.05) is 0 Å². The van der Waals surface area contributed by atoms with Crippen molar-refractivity contribution < 1.29 is 14.3 Å². The normalized spacial score (nSPS) is 10.8. The highest BCUT2D eigenvalue weighted by atomic mass is 79.9. The largest absolute Gasteiger partial charge is 0.488 e. The van der Waals surface area contributed by atoms with Gasteiger partial charge in [-0.05, 0) is 57.4 Å². The standard InChI is InChI=1S/C14H11BrFNO2/c15-13-7-10(8-17-18)4-5-14(13)19-9-11-2-1-3-12(16)6-11/h1-8,18H,9H2/b17-8+. The summed E-state index contributed by atoms with van der Waals surface area (Å²) in [5, 5.41) is 11.4. The Kier molecular flexibility index (Phi) is 4.52. The maximum absolute atomic E-state index is 13.0. The van der Waals surface area contributed by atoms with Gasteiger partial charge in [-0.2, -0.15) is 0 Å². The van der Waals surface area contributed by atoms with Crippen molar-refractivity contribution in [3.8, 4) is 5.75 Å². The Labute approximate surface area is 118 Å². The molecule has 0 heterocycles. The lowest BCUT2D eigenvalue weighted by atomic mass is 10.2. The zero-order valence-electron chi connectivity index (χ0n) is 9.88. The van der Waals surface area contributed by atoms with Crippen molar-refractivity contribution in [2.24, 2.45) is 5.16 Å². The first-order chi connectivity index (χ1) is 9.19. The predicted molar refractivity (Wildman–Crippen MR) is 74.3 cm³/mol. The van der Waals surface area contributed by atoms with Crippen LogP contribution < -0.4 is 4.74 Å². The third-order valence-corrected chi connectivity index (χ3v) is 3.07. The number of hydrogen-bond acceptors (Lipinski definition) is 3. The van der Waals surface area contributed by atoms with Crippen LogP contribution in [0.4, 0.5) is 4.39 Å². The van der Waals surface area contributed by atoms with E-state index in [1.807, 2.05) is 0 Å². The molecule has 0 saturated heterocycles. The molecule has 3 nitrogen and oxygen atoms in total. The summed E-state index contributed by atoms with van der Waals surface area (Å²) >= 11 is 3.36. The molecule has 5 heteroatoms. The first-order valence-corrected chi connectivity index (χ1v) is 6.32. The summed E-state index contributed by atoms with van der Waals surface area (Å²) in [7, 11) is 0. The minimum absolute atomic E-state index is 0.282. The molecule has 0 aliphatic heterocycles. The molecule has 0 spiro atoms. The Morgan fingerprint density at radius 3 is 2.79 bits per heavy atom. The highest BCUT2D eigenvalue weighted by Crippen LogP contribution is 2.26. The van der Waals surface area contributed by atoms with E-state index in [1.165, 1.54) is 18.3 Å². The van der Waals surface area contributed by atoms with Crippen molar-refractivity contribution in [2.75, 3.05) is 0 Å². The fourth-order valence-electron chi connectivity index (χ4n) is 1.57. The van der Waals surface area contributed by atoms with Gasteiger partial charge in [-0.3, -0.25) is 0 Å². The van der Waals surface area contributed by atoms with Gasteiger partial charge >= 0.3 is 0 Å². The smallest absolute Gasteiger partial charge is 0.134 e. The van der Waals surface area contributed by atoms with Crippen LogP contribution in [0.5, 0.6) is 5.75 Å². The van der Waals surface area contributed by atoms with Gasteiger partial charge in [0.1, 0.15) is 18.2 Å². The molecule has 0 radical (unpaired) electrons. The molecule has 0 aliphatic carbocycles. The summed E-state index contributed by atoms with van der Waals surface area (Å²) in [6, 6.07) is 11.5. The number of ether oxygens (including phenoxy) is 1. The molecule has 1 N–H and O–H groups in total. The molecular weight excluding hydrogens is 313 g/mol. The van der Waals surface area contributed by atoms with Gasteiger partial charge in [-0.1, -0.05) is 17.3 Å². The molecule has 0 atom stereocenters. The number of oxime groups is 1. The molecule has 0 aliphatic rings. The van der Waals surface area contributed by atoms with Crippen LogP contribution in [0.2, 0.25) is 0 Å². The molecule has 0 unspecified atom stereocenters. The van der Waals surface area contributed by atoms with Gasteiger partial charge in [-0.15, -0.1) is 0 Å². The highest BCUT2D eigenvalue weighted by Gasteiger charge is 2.03. The number of benzene rings is 2. The van der Waals surface area contributed by atoms with Crippen molar-refractivity contribution in [3.63, 3.8) is 0 Å². The minimum atomic E-state index is -0.283. The predicted octanol–water partition coefficient (Wildman–Crippen LogP) is 3.98. The Balaban J connectivity index is 2.07. The molecule has 2 aromatic rings. The maximum atomic E-state index is 13.0. The van der Waals surface area contributed by atoms with E-state index in [0.717, 1.165) is 15.6 Å². The first-order valence-electron chi connectivity index (χ1n) is 5.53. The van der Waals surface area contributed by atoms with Gasteiger partial charge in [0.2, 0.25) is 0 Å². The first kappa shape index (κ1) is 13.5. The molecule has 0 saturated carbocycles. The maximum Gasteiger partial charge on any atom is 0.134 e. The molecule has 19 heavy (non-hydrogen) atoms. The monoisotopic (exact) mass is 323 g/mol. The molecule has 0 aromatic heterocycles. The Hall–Kier alpha value is -1.88. The topological polar surface area (TPSA) is 41.8 Å². The molecule has 2 aromatic carbocycles. The zero-order valence-corrected chi connectivity index (χ0v) is 11.5. The molecule has 0 fully saturated rings. The van der Waals surface area contributed by atoms with Crippen LogP contribution in [0.15, 0.2) is 52.1 Å². The second kappa shape index (κ2) is 6.33. The van der Waals surface area contributed by atoms with Crippen molar-refractivity contribution >= 4 is 22.1 Å². The number of nitrogens with zero attached hydrogens (tertiary/aromatic N) is 1. The lowest BCUT2D eigenvalue weighted by Crippen LogP contribution is -1.97. The van der Waals surface area contributed by atoms with Crippen molar-refractivity contribution in [2.45, 2.75) is 6.61 Å². The summed E-state index contributed by atoms with van der Waals surface area (Å²) in [5.74, 6) is 0.356. The summed E-state index contributed by atoms with van der Waals surface area (Å²) in [5.41, 5.74) is 1.50. The molecule has 2 rings (SSSR count). The average Bonchev–Trinajstić information content (AvgIpc) is 2.38. The number of rotatable bonds is 4. The van der Waals surface area contributed by atoms with E-state index in [0.29, 0.717) is 5.75 Å². The van der Waals surface area contributed by atoms with Crippen LogP contribution in [-0.2, 0) is 6.61 Å². The Bertz CT molecular complexity index is 602. The van der Waals surface area contributed by atoms with E-state index in [-0.39, 0.29) is 12.4 Å². The average molecular weight is 324 g/mol. The molecule has 0 amide bonds. The van der Waals surface area contributed by atoms with Gasteiger partial charge in [0.05, 0.1) is 10.7 Å². The van der Waals surface area contributed by atoms with E-state index in [4.69, 9.17) is 9.94 Å². The van der Waals surface area contributed by atoms with Crippen molar-refractivity contribution in [3.05, 3.63) is 63.9 Å². The molecule has 98 valence electrons. The third-order valence-electron chi connectivity index (χ3n) is 2.45. The SMILES string of the molecule is O/N=C/c1ccc(OCc2cccc(F)c2)c(Br)c1. The fourth-order valence-corrected chi connectivity index (χ4v) is 2.08. The number of halogens is 2. The summed E-state index contributed by atoms with van der Waals surface area (Å²) in [4.78, 5) is 0. The van der Waals surface area contributed by atoms with E-state index >= 15 is 0 Å². The van der Waals surface area contributed by atoms with E-state index in [1.54, 1.807) is 30.3 Å². The van der Waals surface area contributed by atoms with Crippen LogP contribution in [0.3, 0.4) is 0 Å². The van der Waals surface area contributed by atoms with Crippen LogP contribution in [0.1, 0.15) is 11.1 Å². The highest BCUT2D eigenvalue weighted by molar-refractivity contribution is 9.10. The molecular formula is C14H11BrFNO2. The van der Waals surface area contributed by atoms with Crippen LogP contribution >= 0.6 is 15.9 Å². The van der Waals surface area contributed by atoms with Crippen LogP contribution in [-0.4, -0.2) is 11.4 Å². The van der Waals surface area contributed by atoms with Crippen LogP contribution in [0, 0.1) is 5.82 Å². The van der Waals surface area contributed by atoms with Gasteiger partial charge in [0.15, 0.2) is 0 Å². The lowest BCUT2D eigenvalue weighted by molar-refractivity contribution is 0.303. The van der Waals surface area contributed by atoms with Gasteiger partial charge < -0.3 is 9.94 Å². The lowest BCUT2D eigenvalue weighted by Gasteiger charge is -2.08. The third kappa shape index (κ3) is 3.79. The minimum Gasteiger partial charge on any atom is -0.488 e. The van der Waals surface area contributed by atoms with Crippen molar-refractivity contribution in [1.29, 1.82) is 0 Å². The second-order valence-corrected chi connectivity index (χ2v) is 4.71. The summed E-state index contributed by atoms with van der Waals surface area (Å²) in [6.45, 7) is 0.282. The van der Waals surface area contributed by atoms with E-state index < -0.39 is 0 Å². The Morgan fingerprint density at radius 1 is 1.26 bits per heavy atom. The quantitative estimate of drug-likeness (QED) is 0.525. The summed E-state index contributed by atoms with van der Waals surface area (Å²) in [6.07, 6.45) is 1.32.